The van der Waals surface area contributed by atoms with Crippen molar-refractivity contribution in [3.05, 3.63) is 88.2 Å². The molecule has 11 nitrogen and oxygen atoms in total. The molecule has 0 fully saturated rings. The lowest BCUT2D eigenvalue weighted by Crippen LogP contribution is -2.29. The predicted octanol–water partition coefficient (Wildman–Crippen LogP) is 2.89. The van der Waals surface area contributed by atoms with Gasteiger partial charge in [0.25, 0.3) is 11.5 Å². The van der Waals surface area contributed by atoms with Gasteiger partial charge in [0, 0.05) is 12.2 Å². The molecule has 3 aromatic carbocycles. The summed E-state index contributed by atoms with van der Waals surface area (Å²) in [5, 5.41) is 31.6. The van der Waals surface area contributed by atoms with E-state index in [0.717, 1.165) is 4.68 Å². The number of hydrogen-bond donors (Lipinski definition) is 3. The third kappa shape index (κ3) is 5.47. The SMILES string of the molecule is COc1cccc(OC)c1C(=O)Nc1ccc(C(O)[C@H](CCn2nnc3ccccc3c2=O)C(=O)O)cc1. The molecule has 0 aliphatic heterocycles. The number of methoxy groups -OCH3 is 2. The smallest absolute Gasteiger partial charge is 0.309 e. The van der Waals surface area contributed by atoms with Crippen LogP contribution in [0.2, 0.25) is 0 Å². The number of fused-ring (bicyclic) bond motifs is 1. The number of aryl methyl sites for hydroxylation is 1. The maximum atomic E-state index is 12.9. The van der Waals surface area contributed by atoms with E-state index in [1.807, 2.05) is 0 Å². The van der Waals surface area contributed by atoms with E-state index in [-0.39, 0.29) is 24.1 Å². The minimum atomic E-state index is -1.37. The second-order valence-corrected chi connectivity index (χ2v) is 8.43. The predicted molar refractivity (Wildman–Crippen MR) is 138 cm³/mol. The number of carboxylic acid groups (broad SMARTS) is 1. The third-order valence-electron chi connectivity index (χ3n) is 6.14. The monoisotopic (exact) mass is 518 g/mol. The number of amides is 1. The summed E-state index contributed by atoms with van der Waals surface area (Å²) < 4.78 is 11.6. The minimum Gasteiger partial charge on any atom is -0.496 e. The fourth-order valence-electron chi connectivity index (χ4n) is 4.11. The zero-order valence-electron chi connectivity index (χ0n) is 20.7. The Morgan fingerprint density at radius 3 is 2.26 bits per heavy atom. The van der Waals surface area contributed by atoms with Crippen LogP contribution in [0, 0.1) is 5.92 Å². The summed E-state index contributed by atoms with van der Waals surface area (Å²) in [7, 11) is 2.90. The Morgan fingerprint density at radius 1 is 0.974 bits per heavy atom. The molecule has 4 rings (SSSR count). The molecule has 1 unspecified atom stereocenters. The Labute approximate surface area is 217 Å². The molecule has 3 N–H and O–H groups in total. The van der Waals surface area contributed by atoms with Crippen LogP contribution >= 0.6 is 0 Å². The van der Waals surface area contributed by atoms with Gasteiger partial charge < -0.3 is 25.0 Å². The van der Waals surface area contributed by atoms with Crippen LogP contribution in [-0.2, 0) is 11.3 Å². The molecule has 0 bridgehead atoms. The molecule has 0 aliphatic carbocycles. The van der Waals surface area contributed by atoms with E-state index < -0.39 is 23.9 Å². The summed E-state index contributed by atoms with van der Waals surface area (Å²) in [5.74, 6) is -2.21. The van der Waals surface area contributed by atoms with E-state index in [1.54, 1.807) is 54.6 Å². The molecule has 38 heavy (non-hydrogen) atoms. The van der Waals surface area contributed by atoms with Gasteiger partial charge in [-0.05, 0) is 48.4 Å². The topological polar surface area (TPSA) is 153 Å². The number of nitrogens with one attached hydrogen (secondary N) is 1. The average Bonchev–Trinajstić information content (AvgIpc) is 2.93. The molecule has 0 radical (unpaired) electrons. The highest BCUT2D eigenvalue weighted by molar-refractivity contribution is 6.08. The van der Waals surface area contributed by atoms with Crippen molar-refractivity contribution in [1.82, 2.24) is 15.0 Å². The van der Waals surface area contributed by atoms with E-state index in [4.69, 9.17) is 9.47 Å². The lowest BCUT2D eigenvalue weighted by Gasteiger charge is -2.20. The Morgan fingerprint density at radius 2 is 1.63 bits per heavy atom. The number of carbonyl (C=O) groups excluding carboxylic acids is 1. The standard InChI is InChI=1S/C27H26N4O7/c1-37-21-8-5-9-22(38-2)23(21)25(33)28-17-12-10-16(11-13-17)24(32)19(27(35)36)14-15-31-26(34)18-6-3-4-7-20(18)29-30-31/h3-13,19,24,32H,14-15H2,1-2H3,(H,28,33)(H,35,36)/t19-,24?/m0/s1. The van der Waals surface area contributed by atoms with Gasteiger partial charge in [0.15, 0.2) is 0 Å². The van der Waals surface area contributed by atoms with E-state index in [0.29, 0.717) is 33.7 Å². The average molecular weight is 519 g/mol. The Hall–Kier alpha value is -4.77. The Balaban J connectivity index is 1.47. The minimum absolute atomic E-state index is 0.0421. The second kappa shape index (κ2) is 11.5. The number of carbonyl (C=O) groups is 2. The molecule has 1 aromatic heterocycles. The number of aromatic nitrogens is 3. The van der Waals surface area contributed by atoms with Crippen molar-refractivity contribution in [3.8, 4) is 11.5 Å². The first-order valence-electron chi connectivity index (χ1n) is 11.7. The fraction of sp³-hybridized carbons (Fsp3) is 0.222. The van der Waals surface area contributed by atoms with Crippen molar-refractivity contribution in [2.75, 3.05) is 19.5 Å². The van der Waals surface area contributed by atoms with Gasteiger partial charge in [0.05, 0.1) is 31.6 Å². The van der Waals surface area contributed by atoms with Crippen LogP contribution in [0.3, 0.4) is 0 Å². The molecular weight excluding hydrogens is 492 g/mol. The van der Waals surface area contributed by atoms with Crippen molar-refractivity contribution >= 4 is 28.5 Å². The zero-order chi connectivity index (χ0) is 27.2. The van der Waals surface area contributed by atoms with Gasteiger partial charge in [0.1, 0.15) is 22.6 Å². The summed E-state index contributed by atoms with van der Waals surface area (Å²) in [4.78, 5) is 37.5. The number of nitrogens with zero attached hydrogens (tertiary/aromatic N) is 3. The van der Waals surface area contributed by atoms with Crippen molar-refractivity contribution < 1.29 is 29.3 Å². The van der Waals surface area contributed by atoms with Gasteiger partial charge in [0.2, 0.25) is 0 Å². The number of carboxylic acids is 1. The summed E-state index contributed by atoms with van der Waals surface area (Å²) >= 11 is 0. The van der Waals surface area contributed by atoms with Gasteiger partial charge in [-0.1, -0.05) is 35.5 Å². The van der Waals surface area contributed by atoms with Crippen LogP contribution in [0.1, 0.15) is 28.4 Å². The van der Waals surface area contributed by atoms with Crippen molar-refractivity contribution in [2.24, 2.45) is 5.92 Å². The van der Waals surface area contributed by atoms with E-state index in [1.165, 1.54) is 26.4 Å². The van der Waals surface area contributed by atoms with Crippen LogP contribution < -0.4 is 20.3 Å². The Kier molecular flexibility index (Phi) is 7.97. The molecule has 1 amide bonds. The maximum absolute atomic E-state index is 12.9. The number of hydrogen-bond acceptors (Lipinski definition) is 8. The summed E-state index contributed by atoms with van der Waals surface area (Å²) in [6.07, 6.45) is -1.43. The number of anilines is 1. The first kappa shape index (κ1) is 26.3. The van der Waals surface area contributed by atoms with Gasteiger partial charge in [-0.3, -0.25) is 14.4 Å². The molecule has 4 aromatic rings. The van der Waals surface area contributed by atoms with E-state index in [9.17, 15) is 24.6 Å². The van der Waals surface area contributed by atoms with Crippen LogP contribution in [0.4, 0.5) is 5.69 Å². The quantitative estimate of drug-likeness (QED) is 0.288. The first-order chi connectivity index (χ1) is 18.3. The van der Waals surface area contributed by atoms with Crippen molar-refractivity contribution in [3.63, 3.8) is 0 Å². The van der Waals surface area contributed by atoms with Gasteiger partial charge >= 0.3 is 5.97 Å². The number of aliphatic hydroxyl groups excluding tert-OH is 1. The van der Waals surface area contributed by atoms with Crippen LogP contribution in [0.5, 0.6) is 11.5 Å². The summed E-state index contributed by atoms with van der Waals surface area (Å²) in [6, 6.07) is 17.9. The molecule has 196 valence electrons. The molecule has 11 heteroatoms. The molecule has 0 saturated heterocycles. The number of aliphatic carboxylic acids is 1. The number of rotatable bonds is 10. The van der Waals surface area contributed by atoms with Crippen LogP contribution in [-0.4, -0.2) is 51.3 Å². The highest BCUT2D eigenvalue weighted by Crippen LogP contribution is 2.30. The van der Waals surface area contributed by atoms with Crippen molar-refractivity contribution in [2.45, 2.75) is 19.1 Å². The Bertz CT molecular complexity index is 1500. The third-order valence-corrected chi connectivity index (χ3v) is 6.14. The highest BCUT2D eigenvalue weighted by Gasteiger charge is 2.28. The molecule has 0 spiro atoms. The maximum Gasteiger partial charge on any atom is 0.309 e. The second-order valence-electron chi connectivity index (χ2n) is 8.43. The lowest BCUT2D eigenvalue weighted by atomic mass is 9.92. The van der Waals surface area contributed by atoms with E-state index >= 15 is 0 Å². The van der Waals surface area contributed by atoms with Crippen molar-refractivity contribution in [1.29, 1.82) is 0 Å². The molecule has 1 heterocycles. The van der Waals surface area contributed by atoms with E-state index in [2.05, 4.69) is 15.6 Å². The number of benzene rings is 3. The summed E-state index contributed by atoms with van der Waals surface area (Å²) in [6.45, 7) is -0.0421. The number of aliphatic hydroxyl groups is 1. The fourth-order valence-corrected chi connectivity index (χ4v) is 4.11. The largest absolute Gasteiger partial charge is 0.496 e. The molecular formula is C27H26N4O7. The molecule has 0 aliphatic rings. The van der Waals surface area contributed by atoms with Gasteiger partial charge in [-0.2, -0.15) is 0 Å². The highest BCUT2D eigenvalue weighted by atomic mass is 16.5. The van der Waals surface area contributed by atoms with Gasteiger partial charge in [-0.15, -0.1) is 5.10 Å². The normalized spacial score (nSPS) is 12.5. The first-order valence-corrected chi connectivity index (χ1v) is 11.7. The molecule has 2 atom stereocenters. The van der Waals surface area contributed by atoms with Crippen LogP contribution in [0.15, 0.2) is 71.5 Å². The summed E-state index contributed by atoms with van der Waals surface area (Å²) in [5.41, 5.74) is 1.03. The molecule has 0 saturated carbocycles. The lowest BCUT2D eigenvalue weighted by molar-refractivity contribution is -0.146. The van der Waals surface area contributed by atoms with Crippen LogP contribution in [0.25, 0.3) is 10.9 Å². The zero-order valence-corrected chi connectivity index (χ0v) is 20.7. The van der Waals surface area contributed by atoms with Gasteiger partial charge in [-0.25, -0.2) is 4.68 Å². The number of ether oxygens (including phenoxy) is 2.